The van der Waals surface area contributed by atoms with Crippen LogP contribution in [0.5, 0.6) is 5.75 Å². The SMILES string of the molecule is COc1ccc2c(c1)C1CC1(C(=O)N1CCN3CCC1CC3)Cn1c-2c(C2CCCCC2)c2ccc(C(=O)NS(=O)(=O)N(C)C)cc21. The Kier molecular flexibility index (Phi) is 7.46. The van der Waals surface area contributed by atoms with Gasteiger partial charge in [0.25, 0.3) is 5.91 Å². The molecule has 10 nitrogen and oxygen atoms in total. The normalized spacial score (nSPS) is 27.1. The predicted molar refractivity (Wildman–Crippen MR) is 181 cm³/mol. The summed E-state index contributed by atoms with van der Waals surface area (Å²) in [6.07, 6.45) is 8.60. The average molecular weight is 660 g/mol. The van der Waals surface area contributed by atoms with Crippen LogP contribution in [0.25, 0.3) is 22.2 Å². The lowest BCUT2D eigenvalue weighted by Crippen LogP contribution is -2.46. The third-order valence-corrected chi connectivity index (χ3v) is 13.2. The number of fused-ring (bicyclic) bond motifs is 11. The summed E-state index contributed by atoms with van der Waals surface area (Å²) in [6.45, 7) is 4.32. The first-order valence-electron chi connectivity index (χ1n) is 17.2. The molecule has 5 fully saturated rings. The van der Waals surface area contributed by atoms with Gasteiger partial charge in [0.1, 0.15) is 5.75 Å². The number of hydrogen-bond acceptors (Lipinski definition) is 6. The van der Waals surface area contributed by atoms with Crippen LogP contribution in [0.1, 0.15) is 84.7 Å². The third kappa shape index (κ3) is 4.99. The average Bonchev–Trinajstić information content (AvgIpc) is 3.83. The Morgan fingerprint density at radius 3 is 2.45 bits per heavy atom. The molecule has 2 aromatic carbocycles. The lowest BCUT2D eigenvalue weighted by molar-refractivity contribution is -0.140. The highest BCUT2D eigenvalue weighted by atomic mass is 32.2. The molecule has 2 unspecified atom stereocenters. The molecular formula is C36H45N5O5S. The molecule has 3 saturated heterocycles. The number of rotatable bonds is 6. The van der Waals surface area contributed by atoms with Crippen LogP contribution in [-0.2, 0) is 21.5 Å². The number of carbonyl (C=O) groups is 2. The second-order valence-electron chi connectivity index (χ2n) is 14.6. The van der Waals surface area contributed by atoms with Crippen molar-refractivity contribution in [1.29, 1.82) is 0 Å². The number of hydrogen-bond donors (Lipinski definition) is 1. The summed E-state index contributed by atoms with van der Waals surface area (Å²) in [5, 5.41) is 1.09. The molecule has 2 bridgehead atoms. The van der Waals surface area contributed by atoms with E-state index in [9.17, 15) is 18.0 Å². The Balaban J connectivity index is 1.32. The molecule has 2 saturated carbocycles. The molecule has 0 radical (unpaired) electrons. The lowest BCUT2D eigenvalue weighted by atomic mass is 9.81. The van der Waals surface area contributed by atoms with E-state index >= 15 is 0 Å². The highest BCUT2D eigenvalue weighted by Gasteiger charge is 2.64. The molecule has 0 spiro atoms. The molecule has 6 aliphatic rings. The summed E-state index contributed by atoms with van der Waals surface area (Å²) < 4.78 is 36.4. The maximum atomic E-state index is 15.0. The zero-order valence-corrected chi connectivity index (χ0v) is 28.4. The van der Waals surface area contributed by atoms with Crippen molar-refractivity contribution >= 4 is 32.9 Å². The Morgan fingerprint density at radius 2 is 1.72 bits per heavy atom. The highest BCUT2D eigenvalue weighted by Crippen LogP contribution is 2.66. The van der Waals surface area contributed by atoms with Crippen molar-refractivity contribution in [3.8, 4) is 17.0 Å². The van der Waals surface area contributed by atoms with E-state index in [-0.39, 0.29) is 23.4 Å². The fourth-order valence-electron chi connectivity index (χ4n) is 9.13. The van der Waals surface area contributed by atoms with Gasteiger partial charge in [-0.15, -0.1) is 0 Å². The number of aromatic nitrogens is 1. The molecule has 2 amide bonds. The van der Waals surface area contributed by atoms with Crippen LogP contribution in [0, 0.1) is 5.41 Å². The standard InChI is InChI=1S/C36H45N5O5S/c1-38(2)47(44,45)37-34(42)24-9-11-28-31(19-24)41-22-36(35(43)40-18-17-39-15-13-25(40)14-16-39)21-30(36)29-20-26(46-3)10-12-27(29)33(41)32(28)23-7-5-4-6-8-23/h9-12,19-20,23,25,30H,4-8,13-18,21-22H2,1-3H3,(H,37,42). The van der Waals surface area contributed by atoms with Crippen LogP contribution in [0.3, 0.4) is 0 Å². The van der Waals surface area contributed by atoms with Gasteiger partial charge in [-0.2, -0.15) is 12.7 Å². The summed E-state index contributed by atoms with van der Waals surface area (Å²) in [5.74, 6) is 0.821. The molecule has 2 atom stereocenters. The van der Waals surface area contributed by atoms with Gasteiger partial charge in [-0.1, -0.05) is 25.3 Å². The van der Waals surface area contributed by atoms with Crippen LogP contribution < -0.4 is 9.46 Å². The van der Waals surface area contributed by atoms with Crippen LogP contribution >= 0.6 is 0 Å². The monoisotopic (exact) mass is 659 g/mol. The Morgan fingerprint density at radius 1 is 0.957 bits per heavy atom. The van der Waals surface area contributed by atoms with Crippen LogP contribution in [-0.4, -0.2) is 92.3 Å². The zero-order valence-electron chi connectivity index (χ0n) is 27.6. The summed E-state index contributed by atoms with van der Waals surface area (Å²) >= 11 is 0. The van der Waals surface area contributed by atoms with Crippen molar-refractivity contribution in [3.05, 3.63) is 53.1 Å². The van der Waals surface area contributed by atoms with Crippen LogP contribution in [0.15, 0.2) is 36.4 Å². The van der Waals surface area contributed by atoms with Gasteiger partial charge in [-0.3, -0.25) is 9.59 Å². The maximum Gasteiger partial charge on any atom is 0.303 e. The molecule has 4 aliphatic heterocycles. The second-order valence-corrected chi connectivity index (χ2v) is 16.5. The Labute approximate surface area is 277 Å². The molecule has 47 heavy (non-hydrogen) atoms. The first-order valence-corrected chi connectivity index (χ1v) is 18.7. The fraction of sp³-hybridized carbons (Fsp3) is 0.556. The van der Waals surface area contributed by atoms with Gasteiger partial charge in [0, 0.05) is 80.8 Å². The molecule has 1 N–H and O–H groups in total. The highest BCUT2D eigenvalue weighted by molar-refractivity contribution is 7.87. The number of amides is 2. The van der Waals surface area contributed by atoms with E-state index in [1.807, 2.05) is 18.2 Å². The molecule has 9 rings (SSSR count). The van der Waals surface area contributed by atoms with Crippen molar-refractivity contribution in [1.82, 2.24) is 23.4 Å². The molecule has 1 aromatic heterocycles. The molecular weight excluding hydrogens is 614 g/mol. The fourth-order valence-corrected chi connectivity index (χ4v) is 9.66. The van der Waals surface area contributed by atoms with Gasteiger partial charge in [0.05, 0.1) is 18.2 Å². The number of nitrogens with one attached hydrogen (secondary N) is 1. The lowest BCUT2D eigenvalue weighted by Gasteiger charge is -2.34. The molecule has 2 aliphatic carbocycles. The number of nitrogens with zero attached hydrogens (tertiary/aromatic N) is 4. The van der Waals surface area contributed by atoms with E-state index in [1.54, 1.807) is 13.2 Å². The minimum atomic E-state index is -3.96. The zero-order chi connectivity index (χ0) is 32.7. The van der Waals surface area contributed by atoms with Gasteiger partial charge in [-0.25, -0.2) is 4.72 Å². The predicted octanol–water partition coefficient (Wildman–Crippen LogP) is 4.69. The first-order chi connectivity index (χ1) is 22.6. The minimum absolute atomic E-state index is 0.0757. The van der Waals surface area contributed by atoms with Gasteiger partial charge in [0.15, 0.2) is 0 Å². The number of ether oxygens (including phenoxy) is 1. The van der Waals surface area contributed by atoms with Crippen molar-refractivity contribution in [2.24, 2.45) is 5.41 Å². The third-order valence-electron chi connectivity index (χ3n) is 11.8. The van der Waals surface area contributed by atoms with Gasteiger partial charge < -0.3 is 19.1 Å². The van der Waals surface area contributed by atoms with Crippen LogP contribution in [0.2, 0.25) is 0 Å². The van der Waals surface area contributed by atoms with E-state index < -0.39 is 21.5 Å². The molecule has 5 heterocycles. The first kappa shape index (κ1) is 30.9. The number of methoxy groups -OCH3 is 1. The van der Waals surface area contributed by atoms with E-state index in [1.165, 1.54) is 44.5 Å². The number of benzene rings is 2. The van der Waals surface area contributed by atoms with Gasteiger partial charge in [0.2, 0.25) is 5.91 Å². The van der Waals surface area contributed by atoms with Crippen molar-refractivity contribution in [3.63, 3.8) is 0 Å². The summed E-state index contributed by atoms with van der Waals surface area (Å²) in [4.78, 5) is 33.0. The minimum Gasteiger partial charge on any atom is -0.497 e. The largest absolute Gasteiger partial charge is 0.497 e. The van der Waals surface area contributed by atoms with Crippen molar-refractivity contribution in [2.45, 2.75) is 75.8 Å². The van der Waals surface area contributed by atoms with Crippen LogP contribution in [0.4, 0.5) is 0 Å². The summed E-state index contributed by atoms with van der Waals surface area (Å²) in [7, 11) is 0.520. The number of piperidine rings is 1. The van der Waals surface area contributed by atoms with E-state index in [4.69, 9.17) is 4.74 Å². The van der Waals surface area contributed by atoms with Crippen molar-refractivity contribution in [2.75, 3.05) is 47.4 Å². The smallest absolute Gasteiger partial charge is 0.303 e. The van der Waals surface area contributed by atoms with E-state index in [2.05, 4.69) is 31.2 Å². The maximum absolute atomic E-state index is 15.0. The molecule has 11 heteroatoms. The topological polar surface area (TPSA) is 104 Å². The van der Waals surface area contributed by atoms with Gasteiger partial charge in [-0.05, 0) is 79.5 Å². The van der Waals surface area contributed by atoms with E-state index in [0.29, 0.717) is 12.5 Å². The van der Waals surface area contributed by atoms with Crippen molar-refractivity contribution < 1.29 is 22.7 Å². The Bertz CT molecular complexity index is 1870. The van der Waals surface area contributed by atoms with E-state index in [0.717, 1.165) is 90.5 Å². The summed E-state index contributed by atoms with van der Waals surface area (Å²) in [5.41, 5.74) is 5.34. The van der Waals surface area contributed by atoms with Gasteiger partial charge >= 0.3 is 10.2 Å². The quantitative estimate of drug-likeness (QED) is 0.412. The summed E-state index contributed by atoms with van der Waals surface area (Å²) in [6, 6.07) is 12.2. The molecule has 3 aromatic rings. The Hall–Kier alpha value is -3.41. The number of carbonyl (C=O) groups excluding carboxylic acids is 2. The molecule has 250 valence electrons. The second kappa shape index (κ2) is 11.3.